The number of piperazine rings is 1. The molecule has 3 aromatic rings. The van der Waals surface area contributed by atoms with Crippen LogP contribution in [0.2, 0.25) is 0 Å². The molecule has 6 heteroatoms. The number of aromatic nitrogens is 2. The van der Waals surface area contributed by atoms with Crippen LogP contribution in [-0.2, 0) is 11.3 Å². The van der Waals surface area contributed by atoms with Gasteiger partial charge in [-0.3, -0.25) is 9.69 Å². The number of hydrogen-bond donors (Lipinski definition) is 0. The molecule has 0 aliphatic carbocycles. The SMILES string of the molecule is C[C@@H](Oc1nncc2ccccc12)C(=O)N1CCN(Cc2ccccc2)CC1. The zero-order valence-electron chi connectivity index (χ0n) is 16.0. The van der Waals surface area contributed by atoms with Crippen LogP contribution in [0.15, 0.2) is 60.8 Å². The van der Waals surface area contributed by atoms with Crippen molar-refractivity contribution in [2.45, 2.75) is 19.6 Å². The van der Waals surface area contributed by atoms with Gasteiger partial charge in [0.05, 0.1) is 6.20 Å². The van der Waals surface area contributed by atoms with Crippen molar-refractivity contribution in [1.29, 1.82) is 0 Å². The Kier molecular flexibility index (Phi) is 5.48. The Morgan fingerprint density at radius 3 is 2.54 bits per heavy atom. The molecule has 1 atom stereocenters. The molecule has 2 heterocycles. The third-order valence-electron chi connectivity index (χ3n) is 5.11. The first-order valence-corrected chi connectivity index (χ1v) is 9.63. The lowest BCUT2D eigenvalue weighted by Crippen LogP contribution is -2.51. The van der Waals surface area contributed by atoms with Gasteiger partial charge in [-0.05, 0) is 18.6 Å². The fourth-order valence-electron chi connectivity index (χ4n) is 3.53. The standard InChI is InChI=1S/C22H24N4O2/c1-17(28-21-20-10-6-5-9-19(20)15-23-24-21)22(27)26-13-11-25(12-14-26)16-18-7-3-2-4-8-18/h2-10,15,17H,11-14,16H2,1H3/t17-/m1/s1. The highest BCUT2D eigenvalue weighted by Crippen LogP contribution is 2.22. The number of rotatable bonds is 5. The highest BCUT2D eigenvalue weighted by atomic mass is 16.5. The predicted molar refractivity (Wildman–Crippen MR) is 108 cm³/mol. The van der Waals surface area contributed by atoms with Crippen LogP contribution in [0.25, 0.3) is 10.8 Å². The Morgan fingerprint density at radius 2 is 1.75 bits per heavy atom. The number of fused-ring (bicyclic) bond motifs is 1. The van der Waals surface area contributed by atoms with E-state index in [0.717, 1.165) is 30.4 Å². The third kappa shape index (κ3) is 4.12. The lowest BCUT2D eigenvalue weighted by Gasteiger charge is -2.35. The Balaban J connectivity index is 1.34. The average Bonchev–Trinajstić information content (AvgIpc) is 2.75. The van der Waals surface area contributed by atoms with Crippen molar-refractivity contribution in [1.82, 2.24) is 20.0 Å². The van der Waals surface area contributed by atoms with Gasteiger partial charge in [-0.25, -0.2) is 0 Å². The fraction of sp³-hybridized carbons (Fsp3) is 0.318. The first-order chi connectivity index (χ1) is 13.7. The Hall–Kier alpha value is -2.99. The summed E-state index contributed by atoms with van der Waals surface area (Å²) < 4.78 is 5.89. The molecule has 2 aromatic carbocycles. The third-order valence-corrected chi connectivity index (χ3v) is 5.11. The summed E-state index contributed by atoms with van der Waals surface area (Å²) in [6.07, 6.45) is 1.10. The number of nitrogens with zero attached hydrogens (tertiary/aromatic N) is 4. The molecule has 4 rings (SSSR count). The topological polar surface area (TPSA) is 58.6 Å². The number of carbonyl (C=O) groups excluding carboxylic acids is 1. The normalized spacial score (nSPS) is 16.1. The smallest absolute Gasteiger partial charge is 0.263 e. The van der Waals surface area contributed by atoms with Gasteiger partial charge in [-0.2, -0.15) is 5.10 Å². The van der Waals surface area contributed by atoms with Gasteiger partial charge in [0.15, 0.2) is 6.10 Å². The molecule has 1 aliphatic rings. The molecule has 6 nitrogen and oxygen atoms in total. The molecule has 1 aliphatic heterocycles. The first kappa shape index (κ1) is 18.4. The van der Waals surface area contributed by atoms with Crippen LogP contribution in [0.3, 0.4) is 0 Å². The number of amides is 1. The van der Waals surface area contributed by atoms with E-state index >= 15 is 0 Å². The van der Waals surface area contributed by atoms with Gasteiger partial charge in [0, 0.05) is 43.5 Å². The summed E-state index contributed by atoms with van der Waals surface area (Å²) in [6.45, 7) is 5.84. The van der Waals surface area contributed by atoms with Crippen LogP contribution < -0.4 is 4.74 Å². The van der Waals surface area contributed by atoms with E-state index in [1.807, 2.05) is 35.2 Å². The lowest BCUT2D eigenvalue weighted by molar-refractivity contribution is -0.139. The average molecular weight is 376 g/mol. The number of benzene rings is 2. The second-order valence-corrected chi connectivity index (χ2v) is 7.08. The molecule has 0 unspecified atom stereocenters. The maximum atomic E-state index is 12.8. The summed E-state index contributed by atoms with van der Waals surface area (Å²) in [6, 6.07) is 18.2. The summed E-state index contributed by atoms with van der Waals surface area (Å²) in [5, 5.41) is 9.87. The van der Waals surface area contributed by atoms with Crippen molar-refractivity contribution in [2.75, 3.05) is 26.2 Å². The van der Waals surface area contributed by atoms with E-state index in [0.29, 0.717) is 19.0 Å². The molecule has 1 amide bonds. The first-order valence-electron chi connectivity index (χ1n) is 9.63. The molecule has 28 heavy (non-hydrogen) atoms. The van der Waals surface area contributed by atoms with Gasteiger partial charge in [0.25, 0.3) is 5.91 Å². The monoisotopic (exact) mass is 376 g/mol. The van der Waals surface area contributed by atoms with E-state index in [1.54, 1.807) is 13.1 Å². The molecule has 1 fully saturated rings. The van der Waals surface area contributed by atoms with Crippen LogP contribution >= 0.6 is 0 Å². The Labute approximate surface area is 164 Å². The van der Waals surface area contributed by atoms with Crippen molar-refractivity contribution >= 4 is 16.7 Å². The molecule has 0 spiro atoms. The van der Waals surface area contributed by atoms with Gasteiger partial charge in [0.2, 0.25) is 5.88 Å². The second kappa shape index (κ2) is 8.35. The van der Waals surface area contributed by atoms with Gasteiger partial charge in [0.1, 0.15) is 0 Å². The molecule has 1 saturated heterocycles. The van der Waals surface area contributed by atoms with Crippen LogP contribution in [0, 0.1) is 0 Å². The van der Waals surface area contributed by atoms with Crippen molar-refractivity contribution in [2.24, 2.45) is 0 Å². The highest BCUT2D eigenvalue weighted by molar-refractivity contribution is 5.86. The van der Waals surface area contributed by atoms with E-state index in [4.69, 9.17) is 4.74 Å². The van der Waals surface area contributed by atoms with E-state index in [-0.39, 0.29) is 5.91 Å². The number of hydrogen-bond acceptors (Lipinski definition) is 5. The van der Waals surface area contributed by atoms with Crippen LogP contribution in [0.5, 0.6) is 5.88 Å². The summed E-state index contributed by atoms with van der Waals surface area (Å²) in [7, 11) is 0. The zero-order chi connectivity index (χ0) is 19.3. The number of carbonyl (C=O) groups is 1. The van der Waals surface area contributed by atoms with E-state index in [9.17, 15) is 4.79 Å². The predicted octanol–water partition coefficient (Wildman–Crippen LogP) is 2.74. The Bertz CT molecular complexity index is 934. The highest BCUT2D eigenvalue weighted by Gasteiger charge is 2.26. The molecule has 0 radical (unpaired) electrons. The minimum atomic E-state index is -0.597. The van der Waals surface area contributed by atoms with Gasteiger partial charge in [-0.15, -0.1) is 5.10 Å². The van der Waals surface area contributed by atoms with Crippen LogP contribution in [0.4, 0.5) is 0 Å². The molecule has 0 saturated carbocycles. The molecule has 0 N–H and O–H groups in total. The van der Waals surface area contributed by atoms with Crippen molar-refractivity contribution in [3.05, 3.63) is 66.4 Å². The van der Waals surface area contributed by atoms with Crippen molar-refractivity contribution in [3.8, 4) is 5.88 Å². The molecular weight excluding hydrogens is 352 g/mol. The lowest BCUT2D eigenvalue weighted by atomic mass is 10.2. The Morgan fingerprint density at radius 1 is 1.04 bits per heavy atom. The second-order valence-electron chi connectivity index (χ2n) is 7.08. The molecular formula is C22H24N4O2. The zero-order valence-corrected chi connectivity index (χ0v) is 16.0. The van der Waals surface area contributed by atoms with Crippen LogP contribution in [-0.4, -0.2) is 58.2 Å². The maximum absolute atomic E-state index is 12.8. The summed E-state index contributed by atoms with van der Waals surface area (Å²) in [4.78, 5) is 17.1. The summed E-state index contributed by atoms with van der Waals surface area (Å²) in [5.41, 5.74) is 1.30. The number of ether oxygens (including phenoxy) is 1. The van der Waals surface area contributed by atoms with Crippen molar-refractivity contribution in [3.63, 3.8) is 0 Å². The van der Waals surface area contributed by atoms with Gasteiger partial charge >= 0.3 is 0 Å². The van der Waals surface area contributed by atoms with E-state index in [1.165, 1.54) is 5.56 Å². The maximum Gasteiger partial charge on any atom is 0.263 e. The van der Waals surface area contributed by atoms with E-state index < -0.39 is 6.10 Å². The summed E-state index contributed by atoms with van der Waals surface area (Å²) >= 11 is 0. The fourth-order valence-corrected chi connectivity index (χ4v) is 3.53. The van der Waals surface area contributed by atoms with Gasteiger partial charge in [-0.1, -0.05) is 48.5 Å². The molecule has 1 aromatic heterocycles. The van der Waals surface area contributed by atoms with Crippen LogP contribution in [0.1, 0.15) is 12.5 Å². The summed E-state index contributed by atoms with van der Waals surface area (Å²) in [5.74, 6) is 0.399. The molecule has 144 valence electrons. The minimum Gasteiger partial charge on any atom is -0.463 e. The quantitative estimate of drug-likeness (QED) is 0.685. The van der Waals surface area contributed by atoms with Crippen molar-refractivity contribution < 1.29 is 9.53 Å². The largest absolute Gasteiger partial charge is 0.463 e. The minimum absolute atomic E-state index is 0.00547. The molecule has 0 bridgehead atoms. The van der Waals surface area contributed by atoms with E-state index in [2.05, 4.69) is 39.4 Å². The van der Waals surface area contributed by atoms with Gasteiger partial charge < -0.3 is 9.64 Å².